The standard InChI is InChI=1S/C16H22FNO4.ClH/c1-3-21-15(19)14(16(20)22-4-2)13(9-10-18)11-5-7-12(17)8-6-11;/h5-8,13-14H,3-4,9-10,18H2,1-2H3;1H. The molecule has 2 N–H and O–H groups in total. The predicted octanol–water partition coefficient (Wildman–Crippen LogP) is 2.42. The summed E-state index contributed by atoms with van der Waals surface area (Å²) in [6.07, 6.45) is 0.383. The van der Waals surface area contributed by atoms with Crippen LogP contribution in [0.15, 0.2) is 24.3 Å². The lowest BCUT2D eigenvalue weighted by atomic mass is 9.83. The van der Waals surface area contributed by atoms with Gasteiger partial charge < -0.3 is 15.2 Å². The Balaban J connectivity index is 0.00000484. The third-order valence-corrected chi connectivity index (χ3v) is 3.26. The molecule has 0 fully saturated rings. The van der Waals surface area contributed by atoms with E-state index < -0.39 is 23.8 Å². The summed E-state index contributed by atoms with van der Waals surface area (Å²) in [7, 11) is 0. The lowest BCUT2D eigenvalue weighted by Crippen LogP contribution is -2.34. The molecule has 0 aromatic heterocycles. The highest BCUT2D eigenvalue weighted by Gasteiger charge is 2.37. The molecule has 130 valence electrons. The van der Waals surface area contributed by atoms with Crippen LogP contribution in [0.4, 0.5) is 4.39 Å². The molecular formula is C16H23ClFNO4. The SMILES string of the molecule is CCOC(=O)C(C(=O)OCC)C(CCN)c1ccc(F)cc1.Cl. The van der Waals surface area contributed by atoms with Crippen LogP contribution in [-0.4, -0.2) is 31.7 Å². The molecule has 0 amide bonds. The molecule has 1 atom stereocenters. The zero-order chi connectivity index (χ0) is 16.5. The Labute approximate surface area is 141 Å². The fourth-order valence-corrected chi connectivity index (χ4v) is 2.30. The van der Waals surface area contributed by atoms with Gasteiger partial charge in [-0.15, -0.1) is 12.4 Å². The van der Waals surface area contributed by atoms with Crippen molar-refractivity contribution in [1.82, 2.24) is 0 Å². The first-order valence-electron chi connectivity index (χ1n) is 7.33. The van der Waals surface area contributed by atoms with Crippen LogP contribution >= 0.6 is 12.4 Å². The molecule has 0 bridgehead atoms. The summed E-state index contributed by atoms with van der Waals surface area (Å²) in [5, 5.41) is 0. The third-order valence-electron chi connectivity index (χ3n) is 3.26. The maximum absolute atomic E-state index is 13.1. The Morgan fingerprint density at radius 1 is 1.09 bits per heavy atom. The molecule has 0 aliphatic rings. The summed E-state index contributed by atoms with van der Waals surface area (Å²) in [5.74, 6) is -3.30. The van der Waals surface area contributed by atoms with Crippen molar-refractivity contribution < 1.29 is 23.5 Å². The average Bonchev–Trinajstić information content (AvgIpc) is 2.48. The summed E-state index contributed by atoms with van der Waals surface area (Å²) in [6, 6.07) is 5.65. The van der Waals surface area contributed by atoms with E-state index in [1.165, 1.54) is 12.1 Å². The van der Waals surface area contributed by atoms with Crippen molar-refractivity contribution in [1.29, 1.82) is 0 Å². The van der Waals surface area contributed by atoms with E-state index in [1.807, 2.05) is 0 Å². The number of ether oxygens (including phenoxy) is 2. The smallest absolute Gasteiger partial charge is 0.320 e. The molecule has 23 heavy (non-hydrogen) atoms. The fourth-order valence-electron chi connectivity index (χ4n) is 2.30. The van der Waals surface area contributed by atoms with Crippen LogP contribution in [0.5, 0.6) is 0 Å². The van der Waals surface area contributed by atoms with Crippen LogP contribution in [0.2, 0.25) is 0 Å². The molecule has 1 unspecified atom stereocenters. The highest BCUT2D eigenvalue weighted by Crippen LogP contribution is 2.30. The normalized spacial score (nSPS) is 11.5. The van der Waals surface area contributed by atoms with Gasteiger partial charge in [0.15, 0.2) is 5.92 Å². The quantitative estimate of drug-likeness (QED) is 0.577. The van der Waals surface area contributed by atoms with Crippen LogP contribution in [-0.2, 0) is 19.1 Å². The van der Waals surface area contributed by atoms with E-state index >= 15 is 0 Å². The highest BCUT2D eigenvalue weighted by atomic mass is 35.5. The van der Waals surface area contributed by atoms with E-state index in [2.05, 4.69) is 0 Å². The number of benzene rings is 1. The molecule has 0 saturated carbocycles. The third kappa shape index (κ3) is 6.15. The van der Waals surface area contributed by atoms with Gasteiger partial charge in [-0.2, -0.15) is 0 Å². The zero-order valence-corrected chi connectivity index (χ0v) is 14.1. The van der Waals surface area contributed by atoms with Gasteiger partial charge in [-0.1, -0.05) is 12.1 Å². The number of nitrogens with two attached hydrogens (primary N) is 1. The summed E-state index contributed by atoms with van der Waals surface area (Å²) >= 11 is 0. The van der Waals surface area contributed by atoms with Crippen molar-refractivity contribution in [2.24, 2.45) is 11.7 Å². The fraction of sp³-hybridized carbons (Fsp3) is 0.500. The van der Waals surface area contributed by atoms with Gasteiger partial charge in [0.05, 0.1) is 13.2 Å². The number of hydrogen-bond donors (Lipinski definition) is 1. The Kier molecular flexibility index (Phi) is 10.2. The summed E-state index contributed by atoms with van der Waals surface area (Å²) in [5.41, 5.74) is 6.26. The monoisotopic (exact) mass is 347 g/mol. The molecule has 5 nitrogen and oxygen atoms in total. The van der Waals surface area contributed by atoms with Gasteiger partial charge in [-0.25, -0.2) is 4.39 Å². The summed E-state index contributed by atoms with van der Waals surface area (Å²) in [4.78, 5) is 24.4. The molecule has 0 spiro atoms. The van der Waals surface area contributed by atoms with Gasteiger partial charge in [0, 0.05) is 5.92 Å². The van der Waals surface area contributed by atoms with Gasteiger partial charge >= 0.3 is 11.9 Å². The van der Waals surface area contributed by atoms with E-state index in [9.17, 15) is 14.0 Å². The second kappa shape index (κ2) is 11.0. The van der Waals surface area contributed by atoms with Crippen molar-refractivity contribution in [2.75, 3.05) is 19.8 Å². The van der Waals surface area contributed by atoms with Gasteiger partial charge in [0.2, 0.25) is 0 Å². The Morgan fingerprint density at radius 2 is 1.57 bits per heavy atom. The van der Waals surface area contributed by atoms with Crippen molar-refractivity contribution in [3.8, 4) is 0 Å². The van der Waals surface area contributed by atoms with Crippen molar-refractivity contribution in [3.05, 3.63) is 35.6 Å². The molecule has 0 aliphatic heterocycles. The zero-order valence-electron chi connectivity index (χ0n) is 13.3. The maximum Gasteiger partial charge on any atom is 0.320 e. The van der Waals surface area contributed by atoms with E-state index in [-0.39, 0.29) is 38.0 Å². The van der Waals surface area contributed by atoms with Crippen LogP contribution in [0.25, 0.3) is 0 Å². The molecule has 7 heteroatoms. The van der Waals surface area contributed by atoms with Crippen LogP contribution in [0.1, 0.15) is 31.7 Å². The minimum absolute atomic E-state index is 0. The first-order chi connectivity index (χ1) is 10.5. The predicted molar refractivity (Wildman–Crippen MR) is 86.8 cm³/mol. The Bertz CT molecular complexity index is 477. The topological polar surface area (TPSA) is 78.6 Å². The van der Waals surface area contributed by atoms with Crippen molar-refractivity contribution >= 4 is 24.3 Å². The number of carbonyl (C=O) groups is 2. The number of esters is 2. The summed E-state index contributed by atoms with van der Waals surface area (Å²) in [6.45, 7) is 3.92. The lowest BCUT2D eigenvalue weighted by Gasteiger charge is -2.24. The molecule has 1 aromatic carbocycles. The van der Waals surface area contributed by atoms with Crippen LogP contribution < -0.4 is 5.73 Å². The van der Waals surface area contributed by atoms with E-state index in [4.69, 9.17) is 15.2 Å². The highest BCUT2D eigenvalue weighted by molar-refractivity contribution is 5.96. The number of halogens is 2. The molecule has 1 aromatic rings. The van der Waals surface area contributed by atoms with E-state index in [1.54, 1.807) is 26.0 Å². The van der Waals surface area contributed by atoms with Gasteiger partial charge in [0.1, 0.15) is 5.82 Å². The maximum atomic E-state index is 13.1. The lowest BCUT2D eigenvalue weighted by molar-refractivity contribution is -0.162. The van der Waals surface area contributed by atoms with Gasteiger partial charge in [-0.3, -0.25) is 9.59 Å². The van der Waals surface area contributed by atoms with Crippen molar-refractivity contribution in [2.45, 2.75) is 26.2 Å². The average molecular weight is 348 g/mol. The molecule has 0 heterocycles. The summed E-state index contributed by atoms with van der Waals surface area (Å²) < 4.78 is 23.1. The van der Waals surface area contributed by atoms with Gasteiger partial charge in [-0.05, 0) is 44.5 Å². The van der Waals surface area contributed by atoms with Gasteiger partial charge in [0.25, 0.3) is 0 Å². The largest absolute Gasteiger partial charge is 0.465 e. The van der Waals surface area contributed by atoms with E-state index in [0.717, 1.165) is 0 Å². The first-order valence-corrected chi connectivity index (χ1v) is 7.33. The Morgan fingerprint density at radius 3 is 1.96 bits per heavy atom. The second-order valence-corrected chi connectivity index (χ2v) is 4.72. The molecule has 0 radical (unpaired) electrons. The number of carbonyl (C=O) groups excluding carboxylic acids is 2. The van der Waals surface area contributed by atoms with Crippen LogP contribution in [0.3, 0.4) is 0 Å². The van der Waals surface area contributed by atoms with Crippen LogP contribution in [0, 0.1) is 11.7 Å². The number of rotatable bonds is 8. The number of hydrogen-bond acceptors (Lipinski definition) is 5. The second-order valence-electron chi connectivity index (χ2n) is 4.72. The van der Waals surface area contributed by atoms with E-state index in [0.29, 0.717) is 12.0 Å². The molecule has 0 saturated heterocycles. The minimum atomic E-state index is -1.10. The Hall–Kier alpha value is -1.66. The molecule has 0 aliphatic carbocycles. The first kappa shape index (κ1) is 21.3. The minimum Gasteiger partial charge on any atom is -0.465 e. The van der Waals surface area contributed by atoms with Crippen molar-refractivity contribution in [3.63, 3.8) is 0 Å². The molecule has 1 rings (SSSR count). The molecular weight excluding hydrogens is 325 g/mol.